The number of hydrogen-bond donors (Lipinski definition) is 1. The highest BCUT2D eigenvalue weighted by molar-refractivity contribution is 9.10. The maximum Gasteiger partial charge on any atom is 0.141 e. The van der Waals surface area contributed by atoms with Gasteiger partial charge in [-0.2, -0.15) is 0 Å². The summed E-state index contributed by atoms with van der Waals surface area (Å²) in [5.41, 5.74) is 5.62. The van der Waals surface area contributed by atoms with Crippen molar-refractivity contribution in [3.05, 3.63) is 58.3 Å². The maximum absolute atomic E-state index is 13.6. The first-order valence-electron chi connectivity index (χ1n) is 5.10. The van der Waals surface area contributed by atoms with Crippen molar-refractivity contribution >= 4 is 33.1 Å². The van der Waals surface area contributed by atoms with Gasteiger partial charge in [0.15, 0.2) is 0 Å². The van der Waals surface area contributed by atoms with Crippen LogP contribution in [0.25, 0.3) is 0 Å². The number of rotatable bonds is 3. The predicted octanol–water partition coefficient (Wildman–Crippen LogP) is 4.01. The summed E-state index contributed by atoms with van der Waals surface area (Å²) in [5.74, 6) is 0.377. The average molecular weight is 326 g/mol. The van der Waals surface area contributed by atoms with Gasteiger partial charge in [0.2, 0.25) is 0 Å². The lowest BCUT2D eigenvalue weighted by Crippen LogP contribution is -2.13. The standard InChI is InChI=1S/C13H9BrFNOS/c14-8-4-1-2-6-10(8)17-11-7-3-5-9(15)12(11)13(16)18/h1-7H,(H2,16,18). The second-order valence-corrected chi connectivity index (χ2v) is 4.80. The Morgan fingerprint density at radius 3 is 2.44 bits per heavy atom. The van der Waals surface area contributed by atoms with Crippen LogP contribution >= 0.6 is 28.1 Å². The second kappa shape index (κ2) is 5.46. The summed E-state index contributed by atoms with van der Waals surface area (Å²) in [7, 11) is 0. The number of ether oxygens (including phenoxy) is 1. The molecule has 0 unspecified atom stereocenters. The van der Waals surface area contributed by atoms with E-state index in [1.807, 2.05) is 18.2 Å². The molecule has 2 aromatic rings. The van der Waals surface area contributed by atoms with Gasteiger partial charge >= 0.3 is 0 Å². The van der Waals surface area contributed by atoms with Crippen LogP contribution in [0.15, 0.2) is 46.9 Å². The van der Waals surface area contributed by atoms with E-state index >= 15 is 0 Å². The van der Waals surface area contributed by atoms with Gasteiger partial charge in [-0.1, -0.05) is 30.4 Å². The fourth-order valence-corrected chi connectivity index (χ4v) is 2.04. The van der Waals surface area contributed by atoms with Crippen LogP contribution in [-0.4, -0.2) is 4.99 Å². The number of hydrogen-bond acceptors (Lipinski definition) is 2. The van der Waals surface area contributed by atoms with Crippen molar-refractivity contribution in [2.45, 2.75) is 0 Å². The first kappa shape index (κ1) is 13.0. The zero-order chi connectivity index (χ0) is 13.1. The van der Waals surface area contributed by atoms with Crippen LogP contribution in [0.2, 0.25) is 0 Å². The molecule has 0 aromatic heterocycles. The average Bonchev–Trinajstić information content (AvgIpc) is 2.31. The molecule has 0 radical (unpaired) electrons. The smallest absolute Gasteiger partial charge is 0.141 e. The van der Waals surface area contributed by atoms with Crippen LogP contribution in [0.3, 0.4) is 0 Å². The first-order valence-corrected chi connectivity index (χ1v) is 6.30. The summed E-state index contributed by atoms with van der Waals surface area (Å²) in [6, 6.07) is 11.7. The zero-order valence-corrected chi connectivity index (χ0v) is 11.6. The molecule has 0 bridgehead atoms. The topological polar surface area (TPSA) is 35.2 Å². The second-order valence-electron chi connectivity index (χ2n) is 3.51. The Morgan fingerprint density at radius 1 is 1.11 bits per heavy atom. The molecule has 0 saturated carbocycles. The van der Waals surface area contributed by atoms with Gasteiger partial charge in [0.25, 0.3) is 0 Å². The van der Waals surface area contributed by atoms with Crippen molar-refractivity contribution in [1.82, 2.24) is 0 Å². The third-order valence-corrected chi connectivity index (χ3v) is 3.14. The van der Waals surface area contributed by atoms with Crippen LogP contribution in [0, 0.1) is 5.82 Å². The molecular weight excluding hydrogens is 317 g/mol. The fraction of sp³-hybridized carbons (Fsp3) is 0. The molecule has 0 aliphatic rings. The van der Waals surface area contributed by atoms with Crippen molar-refractivity contribution < 1.29 is 9.13 Å². The molecule has 0 aliphatic heterocycles. The van der Waals surface area contributed by atoms with Crippen LogP contribution in [-0.2, 0) is 0 Å². The lowest BCUT2D eigenvalue weighted by molar-refractivity contribution is 0.472. The van der Waals surface area contributed by atoms with Gasteiger partial charge in [0.05, 0.1) is 10.0 Å². The number of para-hydroxylation sites is 1. The number of thiocarbonyl (C=S) groups is 1. The van der Waals surface area contributed by atoms with Gasteiger partial charge in [-0.3, -0.25) is 0 Å². The van der Waals surface area contributed by atoms with Gasteiger partial charge in [-0.25, -0.2) is 4.39 Å². The Morgan fingerprint density at radius 2 is 1.78 bits per heavy atom. The molecule has 0 atom stereocenters. The molecule has 2 rings (SSSR count). The third kappa shape index (κ3) is 2.68. The Labute approximate surface area is 118 Å². The molecule has 2 N–H and O–H groups in total. The summed E-state index contributed by atoms with van der Waals surface area (Å²) < 4.78 is 20.0. The van der Waals surface area contributed by atoms with Gasteiger partial charge in [0, 0.05) is 0 Å². The Kier molecular flexibility index (Phi) is 3.93. The van der Waals surface area contributed by atoms with E-state index in [4.69, 9.17) is 22.7 Å². The summed E-state index contributed by atoms with van der Waals surface area (Å²) in [5, 5.41) is 0. The molecule has 0 aliphatic carbocycles. The molecule has 0 fully saturated rings. The molecule has 2 aromatic carbocycles. The van der Waals surface area contributed by atoms with Gasteiger partial charge in [-0.05, 0) is 40.2 Å². The van der Waals surface area contributed by atoms with Crippen molar-refractivity contribution in [3.63, 3.8) is 0 Å². The van der Waals surface area contributed by atoms with E-state index in [1.165, 1.54) is 6.07 Å². The van der Waals surface area contributed by atoms with E-state index < -0.39 is 5.82 Å². The monoisotopic (exact) mass is 325 g/mol. The lowest BCUT2D eigenvalue weighted by atomic mass is 10.2. The zero-order valence-electron chi connectivity index (χ0n) is 9.19. The first-order chi connectivity index (χ1) is 8.59. The minimum atomic E-state index is -0.493. The van der Waals surface area contributed by atoms with Gasteiger partial charge in [-0.15, -0.1) is 0 Å². The van der Waals surface area contributed by atoms with Crippen LogP contribution < -0.4 is 10.5 Å². The Balaban J connectivity index is 2.44. The SMILES string of the molecule is NC(=S)c1c(F)cccc1Oc1ccccc1Br. The molecule has 0 amide bonds. The maximum atomic E-state index is 13.6. The summed E-state index contributed by atoms with van der Waals surface area (Å²) >= 11 is 8.18. The van der Waals surface area contributed by atoms with Crippen molar-refractivity contribution in [2.75, 3.05) is 0 Å². The van der Waals surface area contributed by atoms with E-state index in [0.717, 1.165) is 4.47 Å². The molecule has 0 saturated heterocycles. The van der Waals surface area contributed by atoms with Crippen molar-refractivity contribution in [3.8, 4) is 11.5 Å². The summed E-state index contributed by atoms with van der Waals surface area (Å²) in [6.07, 6.45) is 0. The quantitative estimate of drug-likeness (QED) is 0.866. The van der Waals surface area contributed by atoms with E-state index in [-0.39, 0.29) is 10.6 Å². The molecule has 18 heavy (non-hydrogen) atoms. The van der Waals surface area contributed by atoms with Gasteiger partial charge in [0.1, 0.15) is 22.3 Å². The van der Waals surface area contributed by atoms with Crippen LogP contribution in [0.5, 0.6) is 11.5 Å². The van der Waals surface area contributed by atoms with E-state index in [1.54, 1.807) is 18.2 Å². The Bertz CT molecular complexity index is 603. The largest absolute Gasteiger partial charge is 0.455 e. The van der Waals surface area contributed by atoms with Gasteiger partial charge < -0.3 is 10.5 Å². The van der Waals surface area contributed by atoms with E-state index in [9.17, 15) is 4.39 Å². The molecule has 0 spiro atoms. The lowest BCUT2D eigenvalue weighted by Gasteiger charge is -2.11. The van der Waals surface area contributed by atoms with Crippen LogP contribution in [0.4, 0.5) is 4.39 Å². The third-order valence-electron chi connectivity index (χ3n) is 2.28. The highest BCUT2D eigenvalue weighted by Crippen LogP contribution is 2.32. The number of nitrogens with two attached hydrogens (primary N) is 1. The molecular formula is C13H9BrFNOS. The summed E-state index contributed by atoms with van der Waals surface area (Å²) in [6.45, 7) is 0. The molecule has 0 heterocycles. The Hall–Kier alpha value is -1.46. The summed E-state index contributed by atoms with van der Waals surface area (Å²) in [4.78, 5) is -0.0323. The number of benzene rings is 2. The highest BCUT2D eigenvalue weighted by atomic mass is 79.9. The minimum absolute atomic E-state index is 0.0323. The van der Waals surface area contributed by atoms with E-state index in [2.05, 4.69) is 15.9 Å². The molecule has 5 heteroatoms. The molecule has 92 valence electrons. The number of halogens is 2. The van der Waals surface area contributed by atoms with Crippen molar-refractivity contribution in [1.29, 1.82) is 0 Å². The normalized spacial score (nSPS) is 10.1. The van der Waals surface area contributed by atoms with Crippen LogP contribution in [0.1, 0.15) is 5.56 Å². The van der Waals surface area contributed by atoms with Crippen molar-refractivity contribution in [2.24, 2.45) is 5.73 Å². The van der Waals surface area contributed by atoms with E-state index in [0.29, 0.717) is 11.5 Å². The fourth-order valence-electron chi connectivity index (χ4n) is 1.47. The predicted molar refractivity (Wildman–Crippen MR) is 76.5 cm³/mol. The molecule has 2 nitrogen and oxygen atoms in total. The minimum Gasteiger partial charge on any atom is -0.455 e. The highest BCUT2D eigenvalue weighted by Gasteiger charge is 2.13.